The van der Waals surface area contributed by atoms with Gasteiger partial charge in [0.1, 0.15) is 5.75 Å². The Morgan fingerprint density at radius 3 is 2.27 bits per heavy atom. The minimum Gasteiger partial charge on any atom is -0.481 e. The highest BCUT2D eigenvalue weighted by molar-refractivity contribution is 5.81. The molecule has 0 aromatic heterocycles. The van der Waals surface area contributed by atoms with Crippen LogP contribution in [0.15, 0.2) is 30.3 Å². The summed E-state index contributed by atoms with van der Waals surface area (Å²) in [4.78, 5) is 12.4. The van der Waals surface area contributed by atoms with Crippen molar-refractivity contribution in [3.05, 3.63) is 30.3 Å². The maximum Gasteiger partial charge on any atom is 0.260 e. The molecule has 122 valence electrons. The fourth-order valence-electron chi connectivity index (χ4n) is 3.50. The molecule has 4 nitrogen and oxygen atoms in total. The molecule has 0 unspecified atom stereocenters. The van der Waals surface area contributed by atoms with E-state index in [0.29, 0.717) is 0 Å². The van der Waals surface area contributed by atoms with Crippen LogP contribution in [0.2, 0.25) is 0 Å². The van der Waals surface area contributed by atoms with Crippen LogP contribution < -0.4 is 15.4 Å². The quantitative estimate of drug-likeness (QED) is 0.899. The number of amides is 1. The molecule has 1 atom stereocenters. The van der Waals surface area contributed by atoms with Gasteiger partial charge in [-0.25, -0.2) is 0 Å². The molecule has 1 aliphatic heterocycles. The molecule has 1 aromatic carbocycles. The van der Waals surface area contributed by atoms with Crippen LogP contribution in [0.5, 0.6) is 5.75 Å². The Morgan fingerprint density at radius 1 is 1.18 bits per heavy atom. The average Bonchev–Trinajstić information content (AvgIpc) is 2.35. The molecular weight excluding hydrogens is 276 g/mol. The zero-order valence-electron chi connectivity index (χ0n) is 14.3. The monoisotopic (exact) mass is 304 g/mol. The maximum atomic E-state index is 12.4. The molecule has 1 amide bonds. The predicted molar refractivity (Wildman–Crippen MR) is 89.0 cm³/mol. The van der Waals surface area contributed by atoms with Crippen molar-refractivity contribution in [2.24, 2.45) is 0 Å². The van der Waals surface area contributed by atoms with Crippen molar-refractivity contribution in [1.82, 2.24) is 10.6 Å². The van der Waals surface area contributed by atoms with E-state index in [9.17, 15) is 4.79 Å². The molecule has 0 bridgehead atoms. The molecule has 0 saturated carbocycles. The summed E-state index contributed by atoms with van der Waals surface area (Å²) in [6.07, 6.45) is 1.34. The van der Waals surface area contributed by atoms with Gasteiger partial charge in [-0.1, -0.05) is 18.2 Å². The smallest absolute Gasteiger partial charge is 0.260 e. The van der Waals surface area contributed by atoms with Gasteiger partial charge in [-0.05, 0) is 59.6 Å². The second-order valence-electron chi connectivity index (χ2n) is 7.58. The summed E-state index contributed by atoms with van der Waals surface area (Å²) in [7, 11) is 0. The number of hydrogen-bond donors (Lipinski definition) is 2. The van der Waals surface area contributed by atoms with Crippen LogP contribution in [0.4, 0.5) is 0 Å². The molecule has 1 aliphatic rings. The molecular formula is C18H28N2O2. The zero-order chi connectivity index (χ0) is 16.4. The lowest BCUT2D eigenvalue weighted by molar-refractivity contribution is -0.128. The molecule has 0 aliphatic carbocycles. The lowest BCUT2D eigenvalue weighted by Crippen LogP contribution is -2.62. The number of hydrogen-bond acceptors (Lipinski definition) is 3. The second kappa shape index (κ2) is 6.29. The molecule has 0 spiro atoms. The van der Waals surface area contributed by atoms with Crippen LogP contribution in [0.1, 0.15) is 47.5 Å². The maximum absolute atomic E-state index is 12.4. The third-order valence-electron chi connectivity index (χ3n) is 3.96. The van der Waals surface area contributed by atoms with Gasteiger partial charge in [-0.3, -0.25) is 4.79 Å². The van der Waals surface area contributed by atoms with Crippen LogP contribution in [-0.4, -0.2) is 29.1 Å². The molecule has 2 N–H and O–H groups in total. The van der Waals surface area contributed by atoms with Gasteiger partial charge >= 0.3 is 0 Å². The van der Waals surface area contributed by atoms with E-state index in [1.807, 2.05) is 30.3 Å². The standard InChI is InChI=1S/C18H28N2O2/c1-13(22-15-9-7-6-8-10-15)16(21)19-14-11-17(2,3)20-18(4,5)12-14/h6-10,13-14,20H,11-12H2,1-5H3,(H,19,21)/t13-/m1/s1. The van der Waals surface area contributed by atoms with Crippen LogP contribution >= 0.6 is 0 Å². The van der Waals surface area contributed by atoms with Gasteiger partial charge in [0.2, 0.25) is 0 Å². The first-order chi connectivity index (χ1) is 10.2. The normalized spacial score (nSPS) is 21.9. The van der Waals surface area contributed by atoms with Crippen molar-refractivity contribution >= 4 is 5.91 Å². The number of ether oxygens (including phenoxy) is 1. The SMILES string of the molecule is C[C@@H](Oc1ccccc1)C(=O)NC1CC(C)(C)NC(C)(C)C1. The van der Waals surface area contributed by atoms with Gasteiger partial charge < -0.3 is 15.4 Å². The molecule has 1 heterocycles. The van der Waals surface area contributed by atoms with Crippen molar-refractivity contribution in [2.45, 2.75) is 70.7 Å². The Balaban J connectivity index is 1.93. The minimum atomic E-state index is -0.497. The Labute approximate surface area is 133 Å². The van der Waals surface area contributed by atoms with E-state index in [-0.39, 0.29) is 23.0 Å². The van der Waals surface area contributed by atoms with E-state index < -0.39 is 6.10 Å². The first-order valence-corrected chi connectivity index (χ1v) is 7.98. The van der Waals surface area contributed by atoms with E-state index in [2.05, 4.69) is 38.3 Å². The number of nitrogens with one attached hydrogen (secondary N) is 2. The zero-order valence-corrected chi connectivity index (χ0v) is 14.3. The Morgan fingerprint density at radius 2 is 1.73 bits per heavy atom. The summed E-state index contributed by atoms with van der Waals surface area (Å²) in [6.45, 7) is 10.5. The summed E-state index contributed by atoms with van der Waals surface area (Å²) in [6, 6.07) is 9.62. The average molecular weight is 304 g/mol. The third-order valence-corrected chi connectivity index (χ3v) is 3.96. The summed E-state index contributed by atoms with van der Waals surface area (Å²) in [5.74, 6) is 0.665. The third kappa shape index (κ3) is 4.73. The Bertz CT molecular complexity index is 495. The van der Waals surface area contributed by atoms with Gasteiger partial charge in [0.15, 0.2) is 6.10 Å². The highest BCUT2D eigenvalue weighted by atomic mass is 16.5. The molecule has 0 radical (unpaired) electrons. The summed E-state index contributed by atoms with van der Waals surface area (Å²) >= 11 is 0. The topological polar surface area (TPSA) is 50.4 Å². The van der Waals surface area contributed by atoms with Crippen molar-refractivity contribution < 1.29 is 9.53 Å². The van der Waals surface area contributed by atoms with Gasteiger partial charge in [-0.15, -0.1) is 0 Å². The van der Waals surface area contributed by atoms with E-state index in [1.165, 1.54) is 0 Å². The fraction of sp³-hybridized carbons (Fsp3) is 0.611. The molecule has 1 fully saturated rings. The number of rotatable bonds is 4. The molecule has 2 rings (SSSR count). The number of piperidine rings is 1. The van der Waals surface area contributed by atoms with Crippen LogP contribution in [0, 0.1) is 0 Å². The van der Waals surface area contributed by atoms with Gasteiger partial charge in [0.25, 0.3) is 5.91 Å². The first-order valence-electron chi connectivity index (χ1n) is 7.98. The molecule has 1 aromatic rings. The molecule has 22 heavy (non-hydrogen) atoms. The van der Waals surface area contributed by atoms with Crippen molar-refractivity contribution in [2.75, 3.05) is 0 Å². The van der Waals surface area contributed by atoms with Crippen LogP contribution in [-0.2, 0) is 4.79 Å². The lowest BCUT2D eigenvalue weighted by Gasteiger charge is -2.46. The minimum absolute atomic E-state index is 0.0171. The number of carbonyl (C=O) groups excluding carboxylic acids is 1. The predicted octanol–water partition coefficient (Wildman–Crippen LogP) is 2.88. The number of benzene rings is 1. The number of carbonyl (C=O) groups is 1. The van der Waals surface area contributed by atoms with E-state index in [0.717, 1.165) is 18.6 Å². The summed E-state index contributed by atoms with van der Waals surface area (Å²) in [5, 5.41) is 6.77. The van der Waals surface area contributed by atoms with E-state index >= 15 is 0 Å². The molecule has 4 heteroatoms. The van der Waals surface area contributed by atoms with E-state index in [4.69, 9.17) is 4.74 Å². The van der Waals surface area contributed by atoms with Crippen LogP contribution in [0.25, 0.3) is 0 Å². The summed E-state index contributed by atoms with van der Waals surface area (Å²) in [5.41, 5.74) is 0.0342. The van der Waals surface area contributed by atoms with E-state index in [1.54, 1.807) is 6.92 Å². The Kier molecular flexibility index (Phi) is 4.81. The van der Waals surface area contributed by atoms with Crippen molar-refractivity contribution in [3.63, 3.8) is 0 Å². The van der Waals surface area contributed by atoms with Gasteiger partial charge in [-0.2, -0.15) is 0 Å². The highest BCUT2D eigenvalue weighted by Crippen LogP contribution is 2.28. The number of para-hydroxylation sites is 1. The molecule has 1 saturated heterocycles. The Hall–Kier alpha value is -1.55. The van der Waals surface area contributed by atoms with Crippen molar-refractivity contribution in [3.8, 4) is 5.75 Å². The second-order valence-corrected chi connectivity index (χ2v) is 7.58. The van der Waals surface area contributed by atoms with Crippen molar-refractivity contribution in [1.29, 1.82) is 0 Å². The lowest BCUT2D eigenvalue weighted by atomic mass is 9.79. The largest absolute Gasteiger partial charge is 0.481 e. The van der Waals surface area contributed by atoms with Gasteiger partial charge in [0, 0.05) is 17.1 Å². The first kappa shape index (κ1) is 16.8. The van der Waals surface area contributed by atoms with Gasteiger partial charge in [0.05, 0.1) is 0 Å². The highest BCUT2D eigenvalue weighted by Gasteiger charge is 2.38. The van der Waals surface area contributed by atoms with Crippen LogP contribution in [0.3, 0.4) is 0 Å². The fourth-order valence-corrected chi connectivity index (χ4v) is 3.50. The summed E-state index contributed by atoms with van der Waals surface area (Å²) < 4.78 is 5.69.